The average Bonchev–Trinajstić information content (AvgIpc) is 2.41. The number of pyridine rings is 1. The Hall–Kier alpha value is -1.61. The fourth-order valence-corrected chi connectivity index (χ4v) is 2.60. The molecule has 18 heavy (non-hydrogen) atoms. The number of anilines is 1. The molecule has 1 aromatic carbocycles. The number of hydrogen-bond donors (Lipinski definition) is 0. The normalized spacial score (nSPS) is 21.4. The molecule has 0 radical (unpaired) electrons. The highest BCUT2D eigenvalue weighted by Gasteiger charge is 2.22. The van der Waals surface area contributed by atoms with Gasteiger partial charge >= 0.3 is 0 Å². The Morgan fingerprint density at radius 2 is 2.00 bits per heavy atom. The number of benzene rings is 1. The zero-order valence-corrected chi connectivity index (χ0v) is 11.0. The summed E-state index contributed by atoms with van der Waals surface area (Å²) in [6, 6.07) is 11.2. The number of rotatable bonds is 1. The van der Waals surface area contributed by atoms with E-state index in [4.69, 9.17) is 0 Å². The summed E-state index contributed by atoms with van der Waals surface area (Å²) < 4.78 is 0. The predicted octanol–water partition coefficient (Wildman–Crippen LogP) is 2.38. The maximum absolute atomic E-state index is 4.60. The van der Waals surface area contributed by atoms with Crippen LogP contribution in [0.5, 0.6) is 0 Å². The molecule has 3 nitrogen and oxygen atoms in total. The van der Waals surface area contributed by atoms with E-state index >= 15 is 0 Å². The summed E-state index contributed by atoms with van der Waals surface area (Å²) in [6.07, 6.45) is 1.92. The Bertz CT molecular complexity index is 547. The van der Waals surface area contributed by atoms with Crippen molar-refractivity contribution >= 4 is 16.6 Å². The van der Waals surface area contributed by atoms with E-state index in [0.29, 0.717) is 6.04 Å². The van der Waals surface area contributed by atoms with E-state index in [1.165, 1.54) is 10.8 Å². The monoisotopic (exact) mass is 241 g/mol. The lowest BCUT2D eigenvalue weighted by Crippen LogP contribution is -2.50. The second-order valence-corrected chi connectivity index (χ2v) is 5.13. The van der Waals surface area contributed by atoms with Crippen LogP contribution >= 0.6 is 0 Å². The molecule has 3 rings (SSSR count). The van der Waals surface area contributed by atoms with Crippen molar-refractivity contribution in [3.63, 3.8) is 0 Å². The van der Waals surface area contributed by atoms with Crippen LogP contribution in [0.3, 0.4) is 0 Å². The van der Waals surface area contributed by atoms with Crippen molar-refractivity contribution in [3.8, 4) is 0 Å². The van der Waals surface area contributed by atoms with Crippen LogP contribution in [0.15, 0.2) is 36.5 Å². The lowest BCUT2D eigenvalue weighted by Gasteiger charge is -2.38. The molecule has 1 aliphatic heterocycles. The van der Waals surface area contributed by atoms with Crippen LogP contribution < -0.4 is 4.90 Å². The van der Waals surface area contributed by atoms with Gasteiger partial charge in [-0.05, 0) is 25.4 Å². The topological polar surface area (TPSA) is 19.4 Å². The minimum atomic E-state index is 0.583. The van der Waals surface area contributed by atoms with E-state index < -0.39 is 0 Å². The van der Waals surface area contributed by atoms with Crippen molar-refractivity contribution in [3.05, 3.63) is 36.5 Å². The number of hydrogen-bond acceptors (Lipinski definition) is 3. The number of aromatic nitrogens is 1. The van der Waals surface area contributed by atoms with Gasteiger partial charge in [0, 0.05) is 37.3 Å². The Balaban J connectivity index is 1.99. The smallest absolute Gasteiger partial charge is 0.136 e. The molecule has 0 amide bonds. The van der Waals surface area contributed by atoms with Crippen LogP contribution in [0, 0.1) is 0 Å². The average molecular weight is 241 g/mol. The van der Waals surface area contributed by atoms with Gasteiger partial charge in [-0.15, -0.1) is 0 Å². The second kappa shape index (κ2) is 4.58. The van der Waals surface area contributed by atoms with Gasteiger partial charge in [-0.25, -0.2) is 4.98 Å². The van der Waals surface area contributed by atoms with Crippen molar-refractivity contribution in [2.45, 2.75) is 13.0 Å². The van der Waals surface area contributed by atoms with Gasteiger partial charge in [-0.3, -0.25) is 0 Å². The summed E-state index contributed by atoms with van der Waals surface area (Å²) >= 11 is 0. The maximum atomic E-state index is 4.60. The van der Waals surface area contributed by atoms with E-state index in [1.54, 1.807) is 0 Å². The number of piperazine rings is 1. The molecule has 0 N–H and O–H groups in total. The summed E-state index contributed by atoms with van der Waals surface area (Å²) in [5, 5.41) is 2.53. The Kier molecular flexibility index (Phi) is 2.92. The quantitative estimate of drug-likeness (QED) is 0.764. The first-order valence-corrected chi connectivity index (χ1v) is 6.54. The van der Waals surface area contributed by atoms with E-state index in [1.807, 2.05) is 6.20 Å². The highest BCUT2D eigenvalue weighted by Crippen LogP contribution is 2.25. The molecule has 0 aliphatic carbocycles. The SMILES string of the molecule is CC1CN(c2nccc3ccccc23)CCN1C. The fraction of sp³-hybridized carbons (Fsp3) is 0.400. The van der Waals surface area contributed by atoms with Gasteiger partial charge in [0.05, 0.1) is 0 Å². The molecule has 1 unspecified atom stereocenters. The van der Waals surface area contributed by atoms with Crippen molar-refractivity contribution in [1.82, 2.24) is 9.88 Å². The molecule has 1 aliphatic rings. The Morgan fingerprint density at radius 3 is 2.83 bits per heavy atom. The highest BCUT2D eigenvalue weighted by atomic mass is 15.3. The van der Waals surface area contributed by atoms with E-state index in [9.17, 15) is 0 Å². The zero-order chi connectivity index (χ0) is 12.5. The minimum Gasteiger partial charge on any atom is -0.353 e. The van der Waals surface area contributed by atoms with E-state index in [0.717, 1.165) is 25.5 Å². The number of fused-ring (bicyclic) bond motifs is 1. The molecule has 0 saturated carbocycles. The molecule has 1 atom stereocenters. The summed E-state index contributed by atoms with van der Waals surface area (Å²) in [7, 11) is 2.19. The van der Waals surface area contributed by atoms with Crippen LogP contribution in [0.4, 0.5) is 5.82 Å². The lowest BCUT2D eigenvalue weighted by atomic mass is 10.1. The standard InChI is InChI=1S/C15H19N3/c1-12-11-18(10-9-17(12)2)15-14-6-4-3-5-13(14)7-8-16-15/h3-8,12H,9-11H2,1-2H3. The van der Waals surface area contributed by atoms with Crippen LogP contribution in [0.2, 0.25) is 0 Å². The van der Waals surface area contributed by atoms with Crippen LogP contribution in [0.1, 0.15) is 6.92 Å². The first kappa shape index (κ1) is 11.5. The first-order valence-electron chi connectivity index (χ1n) is 6.54. The maximum Gasteiger partial charge on any atom is 0.136 e. The molecule has 1 aromatic heterocycles. The van der Waals surface area contributed by atoms with E-state index in [2.05, 4.69) is 59.1 Å². The molecule has 2 aromatic rings. The molecule has 3 heteroatoms. The molecule has 1 saturated heterocycles. The summed E-state index contributed by atoms with van der Waals surface area (Å²) in [4.78, 5) is 9.41. The molecule has 1 fully saturated rings. The van der Waals surface area contributed by atoms with Gasteiger partial charge in [0.25, 0.3) is 0 Å². The van der Waals surface area contributed by atoms with Crippen LogP contribution in [-0.2, 0) is 0 Å². The van der Waals surface area contributed by atoms with Crippen molar-refractivity contribution in [2.75, 3.05) is 31.6 Å². The largest absolute Gasteiger partial charge is 0.353 e. The van der Waals surface area contributed by atoms with Gasteiger partial charge < -0.3 is 9.80 Å². The zero-order valence-electron chi connectivity index (χ0n) is 11.0. The van der Waals surface area contributed by atoms with Crippen molar-refractivity contribution in [2.24, 2.45) is 0 Å². The number of likely N-dealkylation sites (N-methyl/N-ethyl adjacent to an activating group) is 1. The number of nitrogens with zero attached hydrogens (tertiary/aromatic N) is 3. The van der Waals surface area contributed by atoms with Gasteiger partial charge in [-0.2, -0.15) is 0 Å². The first-order chi connectivity index (χ1) is 8.75. The van der Waals surface area contributed by atoms with Gasteiger partial charge in [0.15, 0.2) is 0 Å². The fourth-order valence-electron chi connectivity index (χ4n) is 2.60. The van der Waals surface area contributed by atoms with Gasteiger partial charge in [0.1, 0.15) is 5.82 Å². The van der Waals surface area contributed by atoms with Crippen LogP contribution in [-0.4, -0.2) is 42.6 Å². The molecular weight excluding hydrogens is 222 g/mol. The van der Waals surface area contributed by atoms with Crippen LogP contribution in [0.25, 0.3) is 10.8 Å². The highest BCUT2D eigenvalue weighted by molar-refractivity contribution is 5.92. The molecule has 0 spiro atoms. The van der Waals surface area contributed by atoms with Gasteiger partial charge in [-0.1, -0.05) is 24.3 Å². The lowest BCUT2D eigenvalue weighted by molar-refractivity contribution is 0.233. The summed E-state index contributed by atoms with van der Waals surface area (Å²) in [5.41, 5.74) is 0. The third-order valence-electron chi connectivity index (χ3n) is 3.91. The summed E-state index contributed by atoms with van der Waals surface area (Å²) in [5.74, 6) is 1.13. The van der Waals surface area contributed by atoms with Crippen molar-refractivity contribution in [1.29, 1.82) is 0 Å². The second-order valence-electron chi connectivity index (χ2n) is 5.13. The summed E-state index contributed by atoms with van der Waals surface area (Å²) in [6.45, 7) is 5.49. The van der Waals surface area contributed by atoms with Crippen molar-refractivity contribution < 1.29 is 0 Å². The molecule has 94 valence electrons. The third kappa shape index (κ3) is 1.95. The molecule has 2 heterocycles. The Labute approximate surface area is 108 Å². The van der Waals surface area contributed by atoms with Gasteiger partial charge in [0.2, 0.25) is 0 Å². The minimum absolute atomic E-state index is 0.583. The Morgan fingerprint density at radius 1 is 1.17 bits per heavy atom. The molecular formula is C15H19N3. The third-order valence-corrected chi connectivity index (χ3v) is 3.91. The van der Waals surface area contributed by atoms with E-state index in [-0.39, 0.29) is 0 Å². The predicted molar refractivity (Wildman–Crippen MR) is 76.0 cm³/mol. The molecule has 0 bridgehead atoms.